The fraction of sp³-hybridized carbons (Fsp3) is 0.857. The number of hydrogen-bond acceptors (Lipinski definition) is 3. The van der Waals surface area contributed by atoms with Crippen molar-refractivity contribution < 1.29 is 50.1 Å². The van der Waals surface area contributed by atoms with Crippen LogP contribution in [-0.2, 0) is 40.3 Å². The van der Waals surface area contributed by atoms with Gasteiger partial charge in [0.2, 0.25) is 0 Å². The maximum absolute atomic E-state index is 10.8. The summed E-state index contributed by atoms with van der Waals surface area (Å²) in [5, 5.41) is 0. The number of hydrogen-bond donors (Lipinski definition) is 2. The summed E-state index contributed by atoms with van der Waals surface area (Å²) in [6, 6.07) is 0. The average Bonchev–Trinajstić information content (AvgIpc) is 1.97. The number of esters is 1. The monoisotopic (exact) mass is 300 g/mol. The van der Waals surface area contributed by atoms with Gasteiger partial charge in [-0.1, -0.05) is 0 Å². The zero-order chi connectivity index (χ0) is 10.3. The van der Waals surface area contributed by atoms with Gasteiger partial charge in [0.25, 0.3) is 0 Å². The summed E-state index contributed by atoms with van der Waals surface area (Å²) in [6.45, 7) is 2.06. The fourth-order valence-electron chi connectivity index (χ4n) is 0.820. The van der Waals surface area contributed by atoms with Gasteiger partial charge in [-0.05, 0) is 19.8 Å². The van der Waals surface area contributed by atoms with Crippen LogP contribution >= 0.6 is 7.60 Å². The fourth-order valence-corrected chi connectivity index (χ4v) is 1.46. The Balaban J connectivity index is 0. The van der Waals surface area contributed by atoms with Gasteiger partial charge >= 0.3 is 13.6 Å². The molecule has 0 radical (unpaired) electrons. The molecule has 2 N–H and O–H groups in total. The zero-order valence-electron chi connectivity index (χ0n) is 8.10. The van der Waals surface area contributed by atoms with Gasteiger partial charge in [-0.3, -0.25) is 9.36 Å². The van der Waals surface area contributed by atoms with Crippen molar-refractivity contribution in [3.05, 3.63) is 0 Å². The van der Waals surface area contributed by atoms with Crippen LogP contribution in [0.1, 0.15) is 26.2 Å². The van der Waals surface area contributed by atoms with Crippen molar-refractivity contribution in [2.24, 2.45) is 0 Å². The van der Waals surface area contributed by atoms with E-state index in [4.69, 9.17) is 9.79 Å². The molecule has 0 saturated heterocycles. The van der Waals surface area contributed by atoms with Crippen LogP contribution in [0.5, 0.6) is 0 Å². The predicted octanol–water partition coefficient (Wildman–Crippen LogP) is 0.895. The van der Waals surface area contributed by atoms with Crippen LogP contribution in [0.25, 0.3) is 0 Å². The van der Waals surface area contributed by atoms with Crippen molar-refractivity contribution in [2.75, 3.05) is 12.8 Å². The summed E-state index contributed by atoms with van der Waals surface area (Å²) in [5.74, 6) is -0.312. The molecule has 0 spiro atoms. The maximum atomic E-state index is 10.8. The first-order valence-corrected chi connectivity index (χ1v) is 5.95. The third-order valence-electron chi connectivity index (χ3n) is 1.39. The Morgan fingerprint density at radius 2 is 1.93 bits per heavy atom. The second kappa shape index (κ2) is 8.78. The average molecular weight is 301 g/mol. The SMILES string of the molecule is CCOC(=O)CCCCP(=O)(O)O.[Zr]. The first-order chi connectivity index (χ1) is 5.95. The van der Waals surface area contributed by atoms with Gasteiger partial charge in [0, 0.05) is 38.8 Å². The van der Waals surface area contributed by atoms with Crippen LogP contribution in [0.4, 0.5) is 0 Å². The van der Waals surface area contributed by atoms with E-state index in [0.717, 1.165) is 0 Å². The van der Waals surface area contributed by atoms with Crippen LogP contribution in [0.15, 0.2) is 0 Å². The Morgan fingerprint density at radius 1 is 1.36 bits per heavy atom. The zero-order valence-corrected chi connectivity index (χ0v) is 11.5. The van der Waals surface area contributed by atoms with Crippen molar-refractivity contribution in [3.8, 4) is 0 Å². The van der Waals surface area contributed by atoms with Gasteiger partial charge in [0.15, 0.2) is 0 Å². The molecule has 0 unspecified atom stereocenters. The molecule has 14 heavy (non-hydrogen) atoms. The van der Waals surface area contributed by atoms with Crippen molar-refractivity contribution >= 4 is 13.6 Å². The van der Waals surface area contributed by atoms with Crippen molar-refractivity contribution in [3.63, 3.8) is 0 Å². The Bertz CT molecular complexity index is 202. The molecule has 0 aliphatic rings. The minimum absolute atomic E-state index is 0. The van der Waals surface area contributed by atoms with Crippen LogP contribution in [0.2, 0.25) is 0 Å². The number of ether oxygens (including phenoxy) is 1. The summed E-state index contributed by atoms with van der Waals surface area (Å²) in [6.07, 6.45) is 0.882. The van der Waals surface area contributed by atoms with E-state index in [1.165, 1.54) is 0 Å². The molecule has 0 aromatic heterocycles. The summed E-state index contributed by atoms with van der Waals surface area (Å²) in [5.41, 5.74) is 0. The number of carbonyl (C=O) groups is 1. The quantitative estimate of drug-likeness (QED) is 0.432. The van der Waals surface area contributed by atoms with E-state index >= 15 is 0 Å². The molecule has 7 heteroatoms. The molecule has 0 atom stereocenters. The first kappa shape index (κ1) is 16.9. The Kier molecular flexibility index (Phi) is 10.6. The minimum Gasteiger partial charge on any atom is -0.466 e. The van der Waals surface area contributed by atoms with E-state index in [2.05, 4.69) is 4.74 Å². The van der Waals surface area contributed by atoms with Crippen molar-refractivity contribution in [1.82, 2.24) is 0 Å². The third kappa shape index (κ3) is 12.5. The molecule has 0 rings (SSSR count). The summed E-state index contributed by atoms with van der Waals surface area (Å²) < 4.78 is 15.0. The van der Waals surface area contributed by atoms with E-state index in [9.17, 15) is 9.36 Å². The molecule has 0 fully saturated rings. The van der Waals surface area contributed by atoms with Crippen molar-refractivity contribution in [2.45, 2.75) is 26.2 Å². The minimum atomic E-state index is -3.89. The Morgan fingerprint density at radius 3 is 2.36 bits per heavy atom. The van der Waals surface area contributed by atoms with Gasteiger partial charge < -0.3 is 14.5 Å². The van der Waals surface area contributed by atoms with Crippen LogP contribution in [-0.4, -0.2) is 28.5 Å². The maximum Gasteiger partial charge on any atom is 0.325 e. The van der Waals surface area contributed by atoms with E-state index in [1.807, 2.05) is 0 Å². The molecule has 0 heterocycles. The molecule has 5 nitrogen and oxygen atoms in total. The van der Waals surface area contributed by atoms with Crippen LogP contribution in [0.3, 0.4) is 0 Å². The first-order valence-electron chi connectivity index (χ1n) is 4.16. The van der Waals surface area contributed by atoms with Crippen molar-refractivity contribution in [1.29, 1.82) is 0 Å². The summed E-state index contributed by atoms with van der Waals surface area (Å²) in [4.78, 5) is 27.7. The topological polar surface area (TPSA) is 83.8 Å². The van der Waals surface area contributed by atoms with E-state index in [0.29, 0.717) is 19.4 Å². The molecule has 0 aromatic rings. The largest absolute Gasteiger partial charge is 0.466 e. The van der Waals surface area contributed by atoms with Gasteiger partial charge in [-0.25, -0.2) is 0 Å². The molecular weight excluding hydrogens is 286 g/mol. The Labute approximate surface area is 103 Å². The van der Waals surface area contributed by atoms with E-state index in [-0.39, 0.29) is 44.8 Å². The molecule has 0 aromatic carbocycles. The molecule has 0 aliphatic heterocycles. The number of carbonyl (C=O) groups excluding carboxylic acids is 1. The third-order valence-corrected chi connectivity index (χ3v) is 2.28. The number of unbranched alkanes of at least 4 members (excludes halogenated alkanes) is 1. The van der Waals surface area contributed by atoms with E-state index in [1.54, 1.807) is 6.92 Å². The summed E-state index contributed by atoms with van der Waals surface area (Å²) >= 11 is 0. The molecular formula is C7H15O5PZr. The number of rotatable bonds is 6. The smallest absolute Gasteiger partial charge is 0.325 e. The standard InChI is InChI=1S/C7H15O5P.Zr/c1-2-12-7(8)5-3-4-6-13(9,10)11;/h2-6H2,1H3,(H2,9,10,11);. The van der Waals surface area contributed by atoms with Gasteiger partial charge in [0.1, 0.15) is 0 Å². The second-order valence-electron chi connectivity index (χ2n) is 2.65. The molecule has 0 saturated carbocycles. The Hall–Kier alpha value is 0.503. The van der Waals surface area contributed by atoms with Gasteiger partial charge in [0.05, 0.1) is 6.61 Å². The molecule has 82 valence electrons. The molecule has 0 amide bonds. The van der Waals surface area contributed by atoms with Crippen LogP contribution in [0, 0.1) is 0 Å². The molecule has 0 bridgehead atoms. The predicted molar refractivity (Wildman–Crippen MR) is 47.4 cm³/mol. The molecule has 0 aliphatic carbocycles. The summed E-state index contributed by atoms with van der Waals surface area (Å²) in [7, 11) is -3.89. The van der Waals surface area contributed by atoms with Gasteiger partial charge in [-0.2, -0.15) is 0 Å². The van der Waals surface area contributed by atoms with Crippen LogP contribution < -0.4 is 0 Å². The second-order valence-corrected chi connectivity index (χ2v) is 4.43. The van der Waals surface area contributed by atoms with Gasteiger partial charge in [-0.15, -0.1) is 0 Å². The van der Waals surface area contributed by atoms with E-state index < -0.39 is 7.60 Å². The normalized spacial score (nSPS) is 10.5.